The Morgan fingerprint density at radius 1 is 1.62 bits per heavy atom. The monoisotopic (exact) mass is 239 g/mol. The van der Waals surface area contributed by atoms with E-state index in [2.05, 4.69) is 4.90 Å². The van der Waals surface area contributed by atoms with Crippen molar-refractivity contribution in [1.82, 2.24) is 0 Å². The van der Waals surface area contributed by atoms with Gasteiger partial charge in [-0.3, -0.25) is 4.79 Å². The number of anilines is 1. The first kappa shape index (κ1) is 11.3. The van der Waals surface area contributed by atoms with E-state index in [9.17, 15) is 4.79 Å². The zero-order chi connectivity index (χ0) is 11.7. The number of benzene rings is 1. The zero-order valence-electron chi connectivity index (χ0n) is 9.11. The highest BCUT2D eigenvalue weighted by molar-refractivity contribution is 6.30. The van der Waals surface area contributed by atoms with E-state index in [1.54, 1.807) is 0 Å². The Bertz CT molecular complexity index is 419. The van der Waals surface area contributed by atoms with Gasteiger partial charge in [-0.15, -0.1) is 0 Å². The maximum Gasteiger partial charge on any atom is 0.305 e. The van der Waals surface area contributed by atoms with Crippen molar-refractivity contribution in [2.45, 2.75) is 25.8 Å². The topological polar surface area (TPSA) is 40.5 Å². The molecule has 0 aromatic heterocycles. The molecule has 0 spiro atoms. The lowest BCUT2D eigenvalue weighted by molar-refractivity contribution is -0.137. The van der Waals surface area contributed by atoms with Crippen LogP contribution in [0, 0.1) is 0 Å². The quantitative estimate of drug-likeness (QED) is 0.881. The second kappa shape index (κ2) is 4.34. The van der Waals surface area contributed by atoms with Crippen molar-refractivity contribution in [3.8, 4) is 0 Å². The number of carbonyl (C=O) groups is 1. The van der Waals surface area contributed by atoms with E-state index in [0.717, 1.165) is 24.2 Å². The zero-order valence-corrected chi connectivity index (χ0v) is 9.87. The van der Waals surface area contributed by atoms with E-state index in [4.69, 9.17) is 16.7 Å². The van der Waals surface area contributed by atoms with Crippen molar-refractivity contribution in [2.75, 3.05) is 11.4 Å². The highest BCUT2D eigenvalue weighted by Gasteiger charge is 2.29. The predicted octanol–water partition coefficient (Wildman–Crippen LogP) is 2.57. The van der Waals surface area contributed by atoms with Gasteiger partial charge in [-0.1, -0.05) is 11.6 Å². The predicted molar refractivity (Wildman–Crippen MR) is 64.2 cm³/mol. The highest BCUT2D eigenvalue weighted by atomic mass is 35.5. The lowest BCUT2D eigenvalue weighted by Crippen LogP contribution is -2.33. The van der Waals surface area contributed by atoms with Crippen molar-refractivity contribution < 1.29 is 9.90 Å². The van der Waals surface area contributed by atoms with Gasteiger partial charge >= 0.3 is 5.97 Å². The Hall–Kier alpha value is -1.22. The number of likely N-dealkylation sites (N-methyl/N-ethyl adjacent to an activating group) is 1. The smallest absolute Gasteiger partial charge is 0.305 e. The summed E-state index contributed by atoms with van der Waals surface area (Å²) in [5, 5.41) is 9.58. The summed E-state index contributed by atoms with van der Waals surface area (Å²) in [6, 6.07) is 5.83. The van der Waals surface area contributed by atoms with Gasteiger partial charge in [-0.05, 0) is 37.1 Å². The molecule has 1 aromatic rings. The summed E-state index contributed by atoms with van der Waals surface area (Å²) in [4.78, 5) is 12.9. The SMILES string of the molecule is CCN1c2ccc(Cl)cc2CC1CC(=O)O. The minimum atomic E-state index is -0.748. The normalized spacial score (nSPS) is 18.6. The Morgan fingerprint density at radius 3 is 3.00 bits per heavy atom. The minimum absolute atomic E-state index is 0.0657. The molecule has 4 heteroatoms. The first-order valence-electron chi connectivity index (χ1n) is 5.38. The van der Waals surface area contributed by atoms with Crippen LogP contribution in [-0.4, -0.2) is 23.7 Å². The van der Waals surface area contributed by atoms with Crippen LogP contribution >= 0.6 is 11.6 Å². The fraction of sp³-hybridized carbons (Fsp3) is 0.417. The van der Waals surface area contributed by atoms with Crippen LogP contribution in [0.15, 0.2) is 18.2 Å². The molecule has 86 valence electrons. The minimum Gasteiger partial charge on any atom is -0.481 e. The number of carboxylic acids is 1. The second-order valence-corrected chi connectivity index (χ2v) is 4.45. The summed E-state index contributed by atoms with van der Waals surface area (Å²) in [7, 11) is 0. The largest absolute Gasteiger partial charge is 0.481 e. The van der Waals surface area contributed by atoms with Gasteiger partial charge in [0.15, 0.2) is 0 Å². The first-order valence-corrected chi connectivity index (χ1v) is 5.76. The Balaban J connectivity index is 2.28. The van der Waals surface area contributed by atoms with Gasteiger partial charge in [0.2, 0.25) is 0 Å². The molecule has 1 atom stereocenters. The number of rotatable bonds is 3. The molecule has 1 unspecified atom stereocenters. The van der Waals surface area contributed by atoms with Gasteiger partial charge in [-0.25, -0.2) is 0 Å². The summed E-state index contributed by atoms with van der Waals surface area (Å²) < 4.78 is 0. The van der Waals surface area contributed by atoms with Crippen molar-refractivity contribution in [3.05, 3.63) is 28.8 Å². The molecule has 16 heavy (non-hydrogen) atoms. The van der Waals surface area contributed by atoms with Gasteiger partial charge in [0.25, 0.3) is 0 Å². The van der Waals surface area contributed by atoms with Gasteiger partial charge in [-0.2, -0.15) is 0 Å². The molecule has 0 amide bonds. The Kier molecular flexibility index (Phi) is 3.06. The molecule has 0 saturated heterocycles. The molecule has 0 fully saturated rings. The maximum atomic E-state index is 10.8. The average molecular weight is 240 g/mol. The van der Waals surface area contributed by atoms with E-state index in [1.165, 1.54) is 0 Å². The van der Waals surface area contributed by atoms with Crippen LogP contribution in [0.1, 0.15) is 18.9 Å². The summed E-state index contributed by atoms with van der Waals surface area (Å²) >= 11 is 5.93. The highest BCUT2D eigenvalue weighted by Crippen LogP contribution is 2.34. The van der Waals surface area contributed by atoms with Gasteiger partial charge in [0.05, 0.1) is 6.42 Å². The number of hydrogen-bond acceptors (Lipinski definition) is 2. The molecule has 1 aromatic carbocycles. The number of fused-ring (bicyclic) bond motifs is 1. The molecule has 0 radical (unpaired) electrons. The molecule has 1 heterocycles. The number of nitrogens with zero attached hydrogens (tertiary/aromatic N) is 1. The summed E-state index contributed by atoms with van der Waals surface area (Å²) in [5.41, 5.74) is 2.28. The van der Waals surface area contributed by atoms with Crippen LogP contribution in [0.5, 0.6) is 0 Å². The summed E-state index contributed by atoms with van der Waals surface area (Å²) in [6.45, 7) is 2.87. The van der Waals surface area contributed by atoms with Gasteiger partial charge in [0, 0.05) is 23.3 Å². The van der Waals surface area contributed by atoms with E-state index < -0.39 is 5.97 Å². The maximum absolute atomic E-state index is 10.8. The first-order chi connectivity index (χ1) is 7.61. The van der Waals surface area contributed by atoms with E-state index in [0.29, 0.717) is 5.02 Å². The molecule has 1 aliphatic rings. The molecule has 1 aliphatic heterocycles. The fourth-order valence-corrected chi connectivity index (χ4v) is 2.57. The lowest BCUT2D eigenvalue weighted by atomic mass is 10.1. The van der Waals surface area contributed by atoms with E-state index >= 15 is 0 Å². The van der Waals surface area contributed by atoms with Gasteiger partial charge < -0.3 is 10.0 Å². The fourth-order valence-electron chi connectivity index (χ4n) is 2.37. The Morgan fingerprint density at radius 2 is 2.38 bits per heavy atom. The lowest BCUT2D eigenvalue weighted by Gasteiger charge is -2.24. The number of hydrogen-bond donors (Lipinski definition) is 1. The van der Waals surface area contributed by atoms with E-state index in [1.807, 2.05) is 25.1 Å². The Labute approximate surface area is 99.6 Å². The van der Waals surface area contributed by atoms with Crippen LogP contribution in [0.2, 0.25) is 5.02 Å². The molecule has 2 rings (SSSR count). The van der Waals surface area contributed by atoms with Crippen molar-refractivity contribution in [2.24, 2.45) is 0 Å². The number of carboxylic acid groups (broad SMARTS) is 1. The van der Waals surface area contributed by atoms with Crippen molar-refractivity contribution >= 4 is 23.3 Å². The molecule has 0 saturated carbocycles. The third kappa shape index (κ3) is 2.00. The van der Waals surface area contributed by atoms with Crippen LogP contribution in [0.25, 0.3) is 0 Å². The van der Waals surface area contributed by atoms with Crippen LogP contribution in [0.4, 0.5) is 5.69 Å². The summed E-state index contributed by atoms with van der Waals surface area (Å²) in [5.74, 6) is -0.748. The molecule has 3 nitrogen and oxygen atoms in total. The van der Waals surface area contributed by atoms with Crippen LogP contribution in [-0.2, 0) is 11.2 Å². The molecule has 1 N–H and O–H groups in total. The molecular weight excluding hydrogens is 226 g/mol. The third-order valence-corrected chi connectivity index (χ3v) is 3.23. The average Bonchev–Trinajstić information content (AvgIpc) is 2.52. The molecular formula is C12H14ClNO2. The standard InChI is InChI=1S/C12H14ClNO2/c1-2-14-10(7-12(15)16)6-8-5-9(13)3-4-11(8)14/h3-5,10H,2,6-7H2,1H3,(H,15,16). The molecule has 0 bridgehead atoms. The van der Waals surface area contributed by atoms with Gasteiger partial charge in [0.1, 0.15) is 0 Å². The number of aliphatic carboxylic acids is 1. The van der Waals surface area contributed by atoms with Crippen LogP contribution < -0.4 is 4.90 Å². The second-order valence-electron chi connectivity index (χ2n) is 4.01. The molecule has 0 aliphatic carbocycles. The van der Waals surface area contributed by atoms with Crippen LogP contribution in [0.3, 0.4) is 0 Å². The third-order valence-electron chi connectivity index (χ3n) is 3.00. The summed E-state index contributed by atoms with van der Waals surface area (Å²) in [6.07, 6.45) is 0.955. The van der Waals surface area contributed by atoms with Crippen molar-refractivity contribution in [1.29, 1.82) is 0 Å². The van der Waals surface area contributed by atoms with Crippen molar-refractivity contribution in [3.63, 3.8) is 0 Å². The number of halogens is 1. The van der Waals surface area contributed by atoms with E-state index in [-0.39, 0.29) is 12.5 Å².